The van der Waals surface area contributed by atoms with Gasteiger partial charge in [0, 0.05) is 19.1 Å². The average Bonchev–Trinajstić information content (AvgIpc) is 2.86. The second kappa shape index (κ2) is 5.93. The minimum atomic E-state index is 0.406. The van der Waals surface area contributed by atoms with Gasteiger partial charge in [0.25, 0.3) is 0 Å². The largest absolute Gasteiger partial charge is 0.493 e. The van der Waals surface area contributed by atoms with Crippen molar-refractivity contribution in [2.24, 2.45) is 0 Å². The van der Waals surface area contributed by atoms with E-state index >= 15 is 0 Å². The van der Waals surface area contributed by atoms with Crippen molar-refractivity contribution in [3.63, 3.8) is 0 Å². The Morgan fingerprint density at radius 3 is 3.16 bits per heavy atom. The molecule has 2 heterocycles. The van der Waals surface area contributed by atoms with Gasteiger partial charge in [0.2, 0.25) is 0 Å². The predicted octanol–water partition coefficient (Wildman–Crippen LogP) is 2.32. The first-order valence-corrected chi connectivity index (χ1v) is 7.41. The molecule has 2 atom stereocenters. The topological polar surface area (TPSA) is 30.5 Å². The number of benzene rings is 1. The van der Waals surface area contributed by atoms with Gasteiger partial charge in [0.1, 0.15) is 5.75 Å². The van der Waals surface area contributed by atoms with E-state index in [1.165, 1.54) is 11.1 Å². The van der Waals surface area contributed by atoms with Gasteiger partial charge in [-0.1, -0.05) is 12.1 Å². The monoisotopic (exact) mass is 261 g/mol. The van der Waals surface area contributed by atoms with Crippen LogP contribution in [0, 0.1) is 0 Å². The van der Waals surface area contributed by atoms with E-state index < -0.39 is 0 Å². The minimum absolute atomic E-state index is 0.406. The number of hydrogen-bond acceptors (Lipinski definition) is 3. The third-order valence-corrected chi connectivity index (χ3v) is 4.09. The number of ether oxygens (including phenoxy) is 2. The summed E-state index contributed by atoms with van der Waals surface area (Å²) in [7, 11) is 0. The smallest absolute Gasteiger partial charge is 0.122 e. The maximum Gasteiger partial charge on any atom is 0.122 e. The molecule has 0 saturated carbocycles. The second-order valence-corrected chi connectivity index (χ2v) is 5.65. The summed E-state index contributed by atoms with van der Waals surface area (Å²) < 4.78 is 11.1. The standard InChI is InChI=1S/C16H23NO2/c1-12-10-15(6-9-18-12)17-7-4-13-2-3-16-14(11-13)5-8-19-16/h2-3,11-12,15,17H,4-10H2,1H3. The van der Waals surface area contributed by atoms with Crippen LogP contribution >= 0.6 is 0 Å². The van der Waals surface area contributed by atoms with Crippen LogP contribution in [0.4, 0.5) is 0 Å². The molecule has 0 radical (unpaired) electrons. The van der Waals surface area contributed by atoms with Gasteiger partial charge in [-0.05, 0) is 49.9 Å². The normalized spacial score (nSPS) is 25.9. The van der Waals surface area contributed by atoms with Gasteiger partial charge in [-0.15, -0.1) is 0 Å². The molecule has 3 nitrogen and oxygen atoms in total. The maximum absolute atomic E-state index is 5.57. The van der Waals surface area contributed by atoms with Gasteiger partial charge in [-0.3, -0.25) is 0 Å². The summed E-state index contributed by atoms with van der Waals surface area (Å²) in [4.78, 5) is 0. The lowest BCUT2D eigenvalue weighted by Crippen LogP contribution is -2.38. The molecule has 0 bridgehead atoms. The Kier molecular flexibility index (Phi) is 4.04. The zero-order valence-electron chi connectivity index (χ0n) is 11.7. The fourth-order valence-electron chi connectivity index (χ4n) is 3.00. The molecule has 0 spiro atoms. The lowest BCUT2D eigenvalue weighted by atomic mass is 10.0. The molecule has 0 aliphatic carbocycles. The molecule has 1 aromatic rings. The highest BCUT2D eigenvalue weighted by atomic mass is 16.5. The van der Waals surface area contributed by atoms with Crippen LogP contribution in [-0.2, 0) is 17.6 Å². The van der Waals surface area contributed by atoms with Crippen molar-refractivity contribution in [3.05, 3.63) is 29.3 Å². The molecule has 1 saturated heterocycles. The molecule has 0 aromatic heterocycles. The molecule has 0 amide bonds. The van der Waals surface area contributed by atoms with Crippen molar-refractivity contribution in [3.8, 4) is 5.75 Å². The number of rotatable bonds is 4. The van der Waals surface area contributed by atoms with Gasteiger partial charge in [0.05, 0.1) is 12.7 Å². The third kappa shape index (κ3) is 3.28. The van der Waals surface area contributed by atoms with E-state index in [4.69, 9.17) is 9.47 Å². The molecule has 2 aliphatic heterocycles. The zero-order valence-corrected chi connectivity index (χ0v) is 11.7. The summed E-state index contributed by atoms with van der Waals surface area (Å²) in [5.41, 5.74) is 2.79. The fourth-order valence-corrected chi connectivity index (χ4v) is 3.00. The molecule has 1 aromatic carbocycles. The van der Waals surface area contributed by atoms with E-state index in [0.717, 1.165) is 51.2 Å². The highest BCUT2D eigenvalue weighted by molar-refractivity contribution is 5.39. The molecule has 104 valence electrons. The Morgan fingerprint density at radius 1 is 1.32 bits per heavy atom. The first-order chi connectivity index (χ1) is 9.31. The van der Waals surface area contributed by atoms with Crippen molar-refractivity contribution in [1.29, 1.82) is 0 Å². The average molecular weight is 261 g/mol. The van der Waals surface area contributed by atoms with E-state index in [9.17, 15) is 0 Å². The third-order valence-electron chi connectivity index (χ3n) is 4.09. The molecule has 2 aliphatic rings. The van der Waals surface area contributed by atoms with E-state index in [1.54, 1.807) is 0 Å². The number of hydrogen-bond donors (Lipinski definition) is 1. The summed E-state index contributed by atoms with van der Waals surface area (Å²) in [6.45, 7) is 4.96. The minimum Gasteiger partial charge on any atom is -0.493 e. The van der Waals surface area contributed by atoms with E-state index in [2.05, 4.69) is 30.4 Å². The van der Waals surface area contributed by atoms with Crippen LogP contribution < -0.4 is 10.1 Å². The molecule has 1 N–H and O–H groups in total. The molecule has 19 heavy (non-hydrogen) atoms. The van der Waals surface area contributed by atoms with Crippen LogP contribution in [-0.4, -0.2) is 31.9 Å². The Labute approximate surface area is 115 Å². The summed E-state index contributed by atoms with van der Waals surface area (Å²) in [6.07, 6.45) is 4.84. The fraction of sp³-hybridized carbons (Fsp3) is 0.625. The second-order valence-electron chi connectivity index (χ2n) is 5.65. The van der Waals surface area contributed by atoms with Crippen molar-refractivity contribution >= 4 is 0 Å². The molecule has 3 heteroatoms. The van der Waals surface area contributed by atoms with Gasteiger partial charge >= 0.3 is 0 Å². The summed E-state index contributed by atoms with van der Waals surface area (Å²) in [5, 5.41) is 3.66. The van der Waals surface area contributed by atoms with Crippen LogP contribution in [0.2, 0.25) is 0 Å². The van der Waals surface area contributed by atoms with Gasteiger partial charge in [0.15, 0.2) is 0 Å². The summed E-state index contributed by atoms with van der Waals surface area (Å²) in [5.74, 6) is 1.08. The first kappa shape index (κ1) is 12.9. The zero-order chi connectivity index (χ0) is 13.1. The highest BCUT2D eigenvalue weighted by Gasteiger charge is 2.18. The number of nitrogens with one attached hydrogen (secondary N) is 1. The van der Waals surface area contributed by atoms with Crippen molar-refractivity contribution in [2.75, 3.05) is 19.8 Å². The first-order valence-electron chi connectivity index (χ1n) is 7.41. The van der Waals surface area contributed by atoms with Crippen molar-refractivity contribution in [2.45, 2.75) is 44.8 Å². The van der Waals surface area contributed by atoms with E-state index in [0.29, 0.717) is 12.1 Å². The van der Waals surface area contributed by atoms with Crippen LogP contribution in [0.5, 0.6) is 5.75 Å². The molecule has 1 fully saturated rings. The van der Waals surface area contributed by atoms with Crippen LogP contribution in [0.3, 0.4) is 0 Å². The molecular weight excluding hydrogens is 238 g/mol. The maximum atomic E-state index is 5.57. The summed E-state index contributed by atoms with van der Waals surface area (Å²) in [6, 6.07) is 7.24. The Hall–Kier alpha value is -1.06. The SMILES string of the molecule is CC1CC(NCCc2ccc3c(c2)CCO3)CCO1. The lowest BCUT2D eigenvalue weighted by molar-refractivity contribution is 0.0135. The summed E-state index contributed by atoms with van der Waals surface area (Å²) >= 11 is 0. The highest BCUT2D eigenvalue weighted by Crippen LogP contribution is 2.25. The van der Waals surface area contributed by atoms with Gasteiger partial charge < -0.3 is 14.8 Å². The molecule has 2 unspecified atom stereocenters. The van der Waals surface area contributed by atoms with Crippen LogP contribution in [0.15, 0.2) is 18.2 Å². The Bertz CT molecular complexity index is 433. The quantitative estimate of drug-likeness (QED) is 0.902. The van der Waals surface area contributed by atoms with Gasteiger partial charge in [-0.2, -0.15) is 0 Å². The van der Waals surface area contributed by atoms with Crippen LogP contribution in [0.1, 0.15) is 30.9 Å². The molecule has 3 rings (SSSR count). The predicted molar refractivity (Wildman–Crippen MR) is 75.8 cm³/mol. The number of fused-ring (bicyclic) bond motifs is 1. The lowest BCUT2D eigenvalue weighted by Gasteiger charge is -2.28. The van der Waals surface area contributed by atoms with Gasteiger partial charge in [-0.25, -0.2) is 0 Å². The Morgan fingerprint density at radius 2 is 2.26 bits per heavy atom. The van der Waals surface area contributed by atoms with Crippen molar-refractivity contribution < 1.29 is 9.47 Å². The van der Waals surface area contributed by atoms with Crippen molar-refractivity contribution in [1.82, 2.24) is 5.32 Å². The van der Waals surface area contributed by atoms with Crippen LogP contribution in [0.25, 0.3) is 0 Å². The van der Waals surface area contributed by atoms with E-state index in [1.807, 2.05) is 0 Å². The Balaban J connectivity index is 1.47. The molecular formula is C16H23NO2. The van der Waals surface area contributed by atoms with E-state index in [-0.39, 0.29) is 0 Å².